The van der Waals surface area contributed by atoms with Crippen LogP contribution in [0.5, 0.6) is 0 Å². The number of nitrogens with zero attached hydrogens (tertiary/aromatic N) is 1. The number of carboxylic acid groups (broad SMARTS) is 1. The maximum atomic E-state index is 11.7. The van der Waals surface area contributed by atoms with Gasteiger partial charge in [-0.25, -0.2) is 0 Å². The SMILES string of the molecule is COCCN(C(=O)CC(=O)O)C1CCSC1. The van der Waals surface area contributed by atoms with Crippen molar-refractivity contribution in [1.29, 1.82) is 0 Å². The Hall–Kier alpha value is -0.750. The number of ether oxygens (including phenoxy) is 1. The first-order valence-corrected chi connectivity index (χ1v) is 6.38. The lowest BCUT2D eigenvalue weighted by Crippen LogP contribution is -2.43. The molecule has 1 unspecified atom stereocenters. The van der Waals surface area contributed by atoms with E-state index in [1.807, 2.05) is 0 Å². The van der Waals surface area contributed by atoms with E-state index < -0.39 is 12.4 Å². The molecule has 1 aliphatic heterocycles. The van der Waals surface area contributed by atoms with Gasteiger partial charge in [0.2, 0.25) is 5.91 Å². The minimum atomic E-state index is -1.07. The van der Waals surface area contributed by atoms with Crippen molar-refractivity contribution in [2.24, 2.45) is 0 Å². The number of methoxy groups -OCH3 is 1. The fourth-order valence-electron chi connectivity index (χ4n) is 1.70. The van der Waals surface area contributed by atoms with E-state index in [1.165, 1.54) is 0 Å². The van der Waals surface area contributed by atoms with Crippen LogP contribution >= 0.6 is 11.8 Å². The summed E-state index contributed by atoms with van der Waals surface area (Å²) in [5.41, 5.74) is 0. The largest absolute Gasteiger partial charge is 0.481 e. The molecule has 1 saturated heterocycles. The Morgan fingerprint density at radius 1 is 1.56 bits per heavy atom. The lowest BCUT2D eigenvalue weighted by Gasteiger charge is -2.27. The molecular weight excluding hydrogens is 230 g/mol. The second kappa shape index (κ2) is 6.75. The van der Waals surface area contributed by atoms with E-state index in [0.29, 0.717) is 13.2 Å². The smallest absolute Gasteiger partial charge is 0.312 e. The number of hydrogen-bond donors (Lipinski definition) is 1. The van der Waals surface area contributed by atoms with Crippen LogP contribution in [0.4, 0.5) is 0 Å². The zero-order chi connectivity index (χ0) is 12.0. The molecule has 1 aliphatic rings. The number of amides is 1. The summed E-state index contributed by atoms with van der Waals surface area (Å²) in [5, 5.41) is 8.62. The summed E-state index contributed by atoms with van der Waals surface area (Å²) in [6, 6.07) is 0.173. The molecule has 0 bridgehead atoms. The Bertz CT molecular complexity index is 253. The maximum absolute atomic E-state index is 11.7. The standard InChI is InChI=1S/C10H17NO4S/c1-15-4-3-11(8-2-5-16-7-8)9(12)6-10(13)14/h8H,2-7H2,1H3,(H,13,14). The van der Waals surface area contributed by atoms with E-state index in [-0.39, 0.29) is 11.9 Å². The molecule has 5 nitrogen and oxygen atoms in total. The number of rotatable bonds is 6. The van der Waals surface area contributed by atoms with E-state index in [2.05, 4.69) is 0 Å². The van der Waals surface area contributed by atoms with Crippen LogP contribution in [0.1, 0.15) is 12.8 Å². The summed E-state index contributed by atoms with van der Waals surface area (Å²) < 4.78 is 4.94. The number of carbonyl (C=O) groups excluding carboxylic acids is 1. The average molecular weight is 247 g/mol. The minimum absolute atomic E-state index is 0.173. The first-order chi connectivity index (χ1) is 7.65. The second-order valence-corrected chi connectivity index (χ2v) is 4.82. The average Bonchev–Trinajstić information content (AvgIpc) is 2.70. The van der Waals surface area contributed by atoms with Gasteiger partial charge in [0.15, 0.2) is 0 Å². The molecule has 0 aliphatic carbocycles. The minimum Gasteiger partial charge on any atom is -0.481 e. The third-order valence-corrected chi connectivity index (χ3v) is 3.65. The van der Waals surface area contributed by atoms with Crippen molar-refractivity contribution in [3.05, 3.63) is 0 Å². The normalized spacial score (nSPS) is 19.7. The molecule has 16 heavy (non-hydrogen) atoms. The van der Waals surface area contributed by atoms with Crippen LogP contribution in [0.2, 0.25) is 0 Å². The molecular formula is C10H17NO4S. The molecule has 1 atom stereocenters. The quantitative estimate of drug-likeness (QED) is 0.690. The molecule has 0 aromatic carbocycles. The molecule has 1 amide bonds. The van der Waals surface area contributed by atoms with Gasteiger partial charge in [-0.2, -0.15) is 11.8 Å². The van der Waals surface area contributed by atoms with Crippen molar-refractivity contribution >= 4 is 23.6 Å². The van der Waals surface area contributed by atoms with Crippen molar-refractivity contribution in [1.82, 2.24) is 4.90 Å². The van der Waals surface area contributed by atoms with Gasteiger partial charge in [-0.3, -0.25) is 9.59 Å². The van der Waals surface area contributed by atoms with E-state index in [0.717, 1.165) is 17.9 Å². The number of aliphatic carboxylic acids is 1. The zero-order valence-electron chi connectivity index (χ0n) is 9.35. The highest BCUT2D eigenvalue weighted by atomic mass is 32.2. The molecule has 92 valence electrons. The molecule has 0 radical (unpaired) electrons. The second-order valence-electron chi connectivity index (χ2n) is 3.67. The van der Waals surface area contributed by atoms with Crippen molar-refractivity contribution < 1.29 is 19.4 Å². The molecule has 0 aromatic heterocycles. The van der Waals surface area contributed by atoms with Gasteiger partial charge in [0.05, 0.1) is 6.61 Å². The third-order valence-electron chi connectivity index (χ3n) is 2.51. The molecule has 0 aromatic rings. The Morgan fingerprint density at radius 3 is 2.81 bits per heavy atom. The summed E-state index contributed by atoms with van der Waals surface area (Å²) in [7, 11) is 1.57. The lowest BCUT2D eigenvalue weighted by atomic mass is 10.2. The fraction of sp³-hybridized carbons (Fsp3) is 0.800. The third kappa shape index (κ3) is 4.02. The molecule has 6 heteroatoms. The number of carbonyl (C=O) groups is 2. The molecule has 1 rings (SSSR count). The molecule has 0 saturated carbocycles. The van der Waals surface area contributed by atoms with Crippen molar-refractivity contribution in [2.75, 3.05) is 31.8 Å². The Balaban J connectivity index is 2.54. The van der Waals surface area contributed by atoms with Gasteiger partial charge < -0.3 is 14.7 Å². The predicted octanol–water partition coefficient (Wildman–Crippen LogP) is 0.442. The van der Waals surface area contributed by atoms with E-state index >= 15 is 0 Å². The Labute approximate surface area is 99.1 Å². The predicted molar refractivity (Wildman–Crippen MR) is 61.6 cm³/mol. The highest BCUT2D eigenvalue weighted by Gasteiger charge is 2.27. The van der Waals surface area contributed by atoms with Crippen molar-refractivity contribution in [3.8, 4) is 0 Å². The van der Waals surface area contributed by atoms with Crippen LogP contribution in [0, 0.1) is 0 Å². The van der Waals surface area contributed by atoms with Crippen LogP contribution < -0.4 is 0 Å². The summed E-state index contributed by atoms with van der Waals surface area (Å²) in [6.07, 6.45) is 0.518. The summed E-state index contributed by atoms with van der Waals surface area (Å²) in [6.45, 7) is 0.931. The maximum Gasteiger partial charge on any atom is 0.312 e. The van der Waals surface area contributed by atoms with Crippen LogP contribution in [-0.2, 0) is 14.3 Å². The molecule has 1 N–H and O–H groups in total. The Kier molecular flexibility index (Phi) is 5.62. The van der Waals surface area contributed by atoms with E-state index in [9.17, 15) is 9.59 Å². The van der Waals surface area contributed by atoms with Crippen LogP contribution in [-0.4, -0.2) is 59.7 Å². The van der Waals surface area contributed by atoms with Crippen LogP contribution in [0.25, 0.3) is 0 Å². The first kappa shape index (κ1) is 13.3. The van der Waals surface area contributed by atoms with Gasteiger partial charge in [0, 0.05) is 25.4 Å². The summed E-state index contributed by atoms with van der Waals surface area (Å²) >= 11 is 1.80. The van der Waals surface area contributed by atoms with Crippen molar-refractivity contribution in [3.63, 3.8) is 0 Å². The topological polar surface area (TPSA) is 66.8 Å². The molecule has 0 spiro atoms. The van der Waals surface area contributed by atoms with Gasteiger partial charge in [-0.15, -0.1) is 0 Å². The number of hydrogen-bond acceptors (Lipinski definition) is 4. The van der Waals surface area contributed by atoms with Gasteiger partial charge >= 0.3 is 5.97 Å². The van der Waals surface area contributed by atoms with Crippen LogP contribution in [0.15, 0.2) is 0 Å². The zero-order valence-corrected chi connectivity index (χ0v) is 10.2. The van der Waals surface area contributed by atoms with Gasteiger partial charge in [0.1, 0.15) is 6.42 Å². The summed E-state index contributed by atoms with van der Waals surface area (Å²) in [4.78, 5) is 23.9. The highest BCUT2D eigenvalue weighted by Crippen LogP contribution is 2.22. The fourth-order valence-corrected chi connectivity index (χ4v) is 2.92. The molecule has 1 heterocycles. The first-order valence-electron chi connectivity index (χ1n) is 5.23. The van der Waals surface area contributed by atoms with Gasteiger partial charge in [-0.05, 0) is 12.2 Å². The monoisotopic (exact) mass is 247 g/mol. The number of carboxylic acids is 1. The van der Waals surface area contributed by atoms with Crippen LogP contribution in [0.3, 0.4) is 0 Å². The molecule has 1 fully saturated rings. The Morgan fingerprint density at radius 2 is 2.31 bits per heavy atom. The van der Waals surface area contributed by atoms with E-state index in [1.54, 1.807) is 23.8 Å². The summed E-state index contributed by atoms with van der Waals surface area (Å²) in [5.74, 6) is 0.555. The number of thioether (sulfide) groups is 1. The van der Waals surface area contributed by atoms with Gasteiger partial charge in [-0.1, -0.05) is 0 Å². The van der Waals surface area contributed by atoms with Gasteiger partial charge in [0.25, 0.3) is 0 Å². The van der Waals surface area contributed by atoms with Crippen molar-refractivity contribution in [2.45, 2.75) is 18.9 Å². The van der Waals surface area contributed by atoms with E-state index in [4.69, 9.17) is 9.84 Å². The highest BCUT2D eigenvalue weighted by molar-refractivity contribution is 7.99. The lowest BCUT2D eigenvalue weighted by molar-refractivity contribution is -0.145.